The van der Waals surface area contributed by atoms with Crippen LogP contribution in [0.3, 0.4) is 0 Å². The predicted molar refractivity (Wildman–Crippen MR) is 88.0 cm³/mol. The van der Waals surface area contributed by atoms with Crippen LogP contribution < -0.4 is 4.90 Å². The number of carbonyl (C=O) groups excluding carboxylic acids is 1. The minimum Gasteiger partial charge on any atom is -0.391 e. The second-order valence-electron chi connectivity index (χ2n) is 7.53. The Morgan fingerprint density at radius 2 is 2.00 bits per heavy atom. The maximum absolute atomic E-state index is 12.1. The summed E-state index contributed by atoms with van der Waals surface area (Å²) in [5.74, 6) is 0.951. The van der Waals surface area contributed by atoms with Crippen molar-refractivity contribution in [3.63, 3.8) is 0 Å². The van der Waals surface area contributed by atoms with E-state index in [2.05, 4.69) is 14.9 Å². The van der Waals surface area contributed by atoms with Crippen molar-refractivity contribution < 1.29 is 9.90 Å². The van der Waals surface area contributed by atoms with Gasteiger partial charge < -0.3 is 14.9 Å². The summed E-state index contributed by atoms with van der Waals surface area (Å²) in [6.07, 6.45) is 7.38. The highest BCUT2D eigenvalue weighted by atomic mass is 16.3. The van der Waals surface area contributed by atoms with Crippen LogP contribution in [0.4, 0.5) is 5.82 Å². The molecule has 2 aliphatic rings. The van der Waals surface area contributed by atoms with E-state index >= 15 is 0 Å². The Morgan fingerprint density at radius 1 is 1.30 bits per heavy atom. The van der Waals surface area contributed by atoms with Crippen molar-refractivity contribution in [2.24, 2.45) is 5.41 Å². The van der Waals surface area contributed by atoms with Gasteiger partial charge in [0.1, 0.15) is 5.82 Å². The minimum absolute atomic E-state index is 0.0132. The van der Waals surface area contributed by atoms with Crippen molar-refractivity contribution in [2.45, 2.75) is 51.7 Å². The SMILES string of the molecule is CC(=O)N1CC2(CCN(c3cnccn3)CC2)C[C@H](O)C1(C)C. The summed E-state index contributed by atoms with van der Waals surface area (Å²) in [5.41, 5.74) is -0.474. The number of anilines is 1. The van der Waals surface area contributed by atoms with E-state index in [1.165, 1.54) is 0 Å². The van der Waals surface area contributed by atoms with Gasteiger partial charge in [0.25, 0.3) is 0 Å². The summed E-state index contributed by atoms with van der Waals surface area (Å²) in [5, 5.41) is 10.6. The van der Waals surface area contributed by atoms with E-state index in [1.54, 1.807) is 25.5 Å². The molecule has 0 unspecified atom stereocenters. The van der Waals surface area contributed by atoms with Crippen molar-refractivity contribution in [3.8, 4) is 0 Å². The Morgan fingerprint density at radius 3 is 2.57 bits per heavy atom. The molecule has 2 saturated heterocycles. The van der Waals surface area contributed by atoms with Gasteiger partial charge in [-0.15, -0.1) is 0 Å². The first-order chi connectivity index (χ1) is 10.8. The van der Waals surface area contributed by atoms with Crippen LogP contribution >= 0.6 is 0 Å². The van der Waals surface area contributed by atoms with E-state index in [4.69, 9.17) is 0 Å². The third-order valence-electron chi connectivity index (χ3n) is 5.71. The molecule has 1 aromatic heterocycles. The fraction of sp³-hybridized carbons (Fsp3) is 0.706. The van der Waals surface area contributed by atoms with Gasteiger partial charge in [0, 0.05) is 39.0 Å². The predicted octanol–water partition coefficient (Wildman–Crippen LogP) is 1.45. The Balaban J connectivity index is 1.74. The molecule has 1 spiro atoms. The molecule has 0 aromatic carbocycles. The number of nitrogens with zero attached hydrogens (tertiary/aromatic N) is 4. The van der Waals surface area contributed by atoms with Crippen LogP contribution in [-0.2, 0) is 4.79 Å². The first-order valence-electron chi connectivity index (χ1n) is 8.31. The Hall–Kier alpha value is -1.69. The van der Waals surface area contributed by atoms with E-state index in [9.17, 15) is 9.90 Å². The molecule has 3 rings (SSSR count). The largest absolute Gasteiger partial charge is 0.391 e. The van der Waals surface area contributed by atoms with Crippen LogP contribution in [0.15, 0.2) is 18.6 Å². The molecule has 0 radical (unpaired) electrons. The lowest BCUT2D eigenvalue weighted by atomic mass is 9.67. The van der Waals surface area contributed by atoms with Gasteiger partial charge in [-0.05, 0) is 38.5 Å². The van der Waals surface area contributed by atoms with E-state index in [1.807, 2.05) is 18.7 Å². The lowest BCUT2D eigenvalue weighted by molar-refractivity contribution is -0.155. The monoisotopic (exact) mass is 318 g/mol. The van der Waals surface area contributed by atoms with Crippen molar-refractivity contribution >= 4 is 11.7 Å². The quantitative estimate of drug-likeness (QED) is 0.849. The maximum atomic E-state index is 12.1. The first-order valence-corrected chi connectivity index (χ1v) is 8.31. The fourth-order valence-electron chi connectivity index (χ4n) is 3.99. The van der Waals surface area contributed by atoms with E-state index in [0.717, 1.165) is 44.7 Å². The third-order valence-corrected chi connectivity index (χ3v) is 5.71. The topological polar surface area (TPSA) is 69.6 Å². The van der Waals surface area contributed by atoms with Crippen molar-refractivity contribution in [2.75, 3.05) is 24.5 Å². The van der Waals surface area contributed by atoms with Crippen LogP contribution in [0.2, 0.25) is 0 Å². The van der Waals surface area contributed by atoms with Gasteiger partial charge in [-0.2, -0.15) is 0 Å². The number of aliphatic hydroxyl groups is 1. The van der Waals surface area contributed by atoms with Crippen molar-refractivity contribution in [1.82, 2.24) is 14.9 Å². The summed E-state index contributed by atoms with van der Waals surface area (Å²) in [6.45, 7) is 8.03. The smallest absolute Gasteiger partial charge is 0.219 e. The van der Waals surface area contributed by atoms with Crippen LogP contribution in [0.5, 0.6) is 0 Å². The summed E-state index contributed by atoms with van der Waals surface area (Å²) in [7, 11) is 0. The molecule has 2 aliphatic heterocycles. The molecule has 0 aliphatic carbocycles. The molecule has 2 fully saturated rings. The van der Waals surface area contributed by atoms with E-state index in [0.29, 0.717) is 0 Å². The third kappa shape index (κ3) is 2.92. The van der Waals surface area contributed by atoms with Gasteiger partial charge in [-0.3, -0.25) is 9.78 Å². The molecule has 6 nitrogen and oxygen atoms in total. The summed E-state index contributed by atoms with van der Waals surface area (Å²) >= 11 is 0. The molecule has 1 N–H and O–H groups in total. The lowest BCUT2D eigenvalue weighted by Crippen LogP contribution is -2.64. The molecule has 126 valence electrons. The van der Waals surface area contributed by atoms with Gasteiger partial charge in [0.05, 0.1) is 17.8 Å². The number of likely N-dealkylation sites (tertiary alicyclic amines) is 1. The van der Waals surface area contributed by atoms with Crippen molar-refractivity contribution in [3.05, 3.63) is 18.6 Å². The zero-order chi connectivity index (χ0) is 16.7. The molecule has 1 amide bonds. The van der Waals surface area contributed by atoms with Gasteiger partial charge in [-0.25, -0.2) is 4.98 Å². The lowest BCUT2D eigenvalue weighted by Gasteiger charge is -2.55. The van der Waals surface area contributed by atoms with Gasteiger partial charge >= 0.3 is 0 Å². The van der Waals surface area contributed by atoms with Crippen LogP contribution in [-0.4, -0.2) is 57.2 Å². The number of amides is 1. The van der Waals surface area contributed by atoms with Crippen LogP contribution in [0.1, 0.15) is 40.0 Å². The second kappa shape index (κ2) is 5.74. The van der Waals surface area contributed by atoms with Gasteiger partial charge in [0.15, 0.2) is 0 Å². The number of piperidine rings is 2. The first kappa shape index (κ1) is 16.2. The molecule has 3 heterocycles. The molecular formula is C17H26N4O2. The zero-order valence-electron chi connectivity index (χ0n) is 14.2. The standard InChI is InChI=1S/C17H26N4O2/c1-13(22)21-12-17(10-14(23)16(21,2)3)4-8-20(9-5-17)15-11-18-6-7-19-15/h6-7,11,14,23H,4-5,8-10,12H2,1-3H3/t14-/m0/s1. The number of hydrogen-bond donors (Lipinski definition) is 1. The molecule has 0 bridgehead atoms. The highest BCUT2D eigenvalue weighted by molar-refractivity contribution is 5.74. The highest BCUT2D eigenvalue weighted by Crippen LogP contribution is 2.45. The number of rotatable bonds is 1. The van der Waals surface area contributed by atoms with Crippen LogP contribution in [0, 0.1) is 5.41 Å². The normalized spacial score (nSPS) is 26.3. The van der Waals surface area contributed by atoms with Crippen molar-refractivity contribution in [1.29, 1.82) is 0 Å². The number of carbonyl (C=O) groups is 1. The summed E-state index contributed by atoms with van der Waals surface area (Å²) in [6, 6.07) is 0. The molecule has 1 atom stereocenters. The second-order valence-corrected chi connectivity index (χ2v) is 7.53. The van der Waals surface area contributed by atoms with E-state index < -0.39 is 11.6 Å². The fourth-order valence-corrected chi connectivity index (χ4v) is 3.99. The summed E-state index contributed by atoms with van der Waals surface area (Å²) in [4.78, 5) is 24.7. The average Bonchev–Trinajstić information content (AvgIpc) is 2.53. The number of hydrogen-bond acceptors (Lipinski definition) is 5. The minimum atomic E-state index is -0.487. The Labute approximate surface area is 137 Å². The number of aromatic nitrogens is 2. The Bertz CT molecular complexity index is 567. The summed E-state index contributed by atoms with van der Waals surface area (Å²) < 4.78 is 0. The van der Waals surface area contributed by atoms with Gasteiger partial charge in [0.2, 0.25) is 5.91 Å². The highest BCUT2D eigenvalue weighted by Gasteiger charge is 2.50. The molecule has 0 saturated carbocycles. The maximum Gasteiger partial charge on any atom is 0.219 e. The van der Waals surface area contributed by atoms with Gasteiger partial charge in [-0.1, -0.05) is 0 Å². The van der Waals surface area contributed by atoms with Crippen LogP contribution in [0.25, 0.3) is 0 Å². The zero-order valence-corrected chi connectivity index (χ0v) is 14.2. The average molecular weight is 318 g/mol. The van der Waals surface area contributed by atoms with E-state index in [-0.39, 0.29) is 11.3 Å². The Kier molecular flexibility index (Phi) is 4.04. The molecular weight excluding hydrogens is 292 g/mol. The molecule has 6 heteroatoms. The number of aliphatic hydroxyl groups excluding tert-OH is 1. The molecule has 23 heavy (non-hydrogen) atoms. The molecule has 1 aromatic rings.